The zero-order chi connectivity index (χ0) is 17.8. The Morgan fingerprint density at radius 2 is 1.88 bits per heavy atom. The predicted octanol–water partition coefficient (Wildman–Crippen LogP) is 4.83. The SMILES string of the molecule is O=C(N[C@@H]1CCSc2ccccc21)c1ccc(COc2ccccc2)o1. The van der Waals surface area contributed by atoms with E-state index in [2.05, 4.69) is 17.4 Å². The number of thioether (sulfide) groups is 1. The summed E-state index contributed by atoms with van der Waals surface area (Å²) in [6.45, 7) is 0.292. The first-order chi connectivity index (χ1) is 12.8. The summed E-state index contributed by atoms with van der Waals surface area (Å²) < 4.78 is 11.3. The highest BCUT2D eigenvalue weighted by Crippen LogP contribution is 2.35. The van der Waals surface area contributed by atoms with Crippen LogP contribution in [0.4, 0.5) is 0 Å². The summed E-state index contributed by atoms with van der Waals surface area (Å²) in [5, 5.41) is 3.09. The molecule has 1 aliphatic rings. The van der Waals surface area contributed by atoms with E-state index in [1.807, 2.05) is 54.2 Å². The lowest BCUT2D eigenvalue weighted by atomic mass is 10.0. The van der Waals surface area contributed by atoms with E-state index >= 15 is 0 Å². The van der Waals surface area contributed by atoms with Gasteiger partial charge in [-0.3, -0.25) is 4.79 Å². The molecule has 1 atom stereocenters. The molecule has 0 saturated heterocycles. The minimum atomic E-state index is -0.192. The van der Waals surface area contributed by atoms with Crippen LogP contribution in [0.5, 0.6) is 5.75 Å². The molecule has 5 heteroatoms. The summed E-state index contributed by atoms with van der Waals surface area (Å²) in [6.07, 6.45) is 0.915. The number of ether oxygens (including phenoxy) is 1. The zero-order valence-electron chi connectivity index (χ0n) is 14.2. The topological polar surface area (TPSA) is 51.5 Å². The molecule has 2 aromatic carbocycles. The Hall–Kier alpha value is -2.66. The fourth-order valence-electron chi connectivity index (χ4n) is 2.97. The van der Waals surface area contributed by atoms with Crippen LogP contribution < -0.4 is 10.1 Å². The second-order valence-corrected chi connectivity index (χ2v) is 7.21. The first-order valence-electron chi connectivity index (χ1n) is 8.59. The molecule has 1 aromatic heterocycles. The number of amides is 1. The van der Waals surface area contributed by atoms with Gasteiger partial charge >= 0.3 is 0 Å². The molecular formula is C21H19NO3S. The third-order valence-corrected chi connectivity index (χ3v) is 5.40. The van der Waals surface area contributed by atoms with Crippen molar-refractivity contribution in [2.75, 3.05) is 5.75 Å². The Kier molecular flexibility index (Phi) is 4.97. The Morgan fingerprint density at radius 1 is 1.08 bits per heavy atom. The highest BCUT2D eigenvalue weighted by atomic mass is 32.2. The molecule has 0 saturated carbocycles. The van der Waals surface area contributed by atoms with Crippen molar-refractivity contribution in [3.8, 4) is 5.75 Å². The van der Waals surface area contributed by atoms with Gasteiger partial charge in [-0.1, -0.05) is 36.4 Å². The number of rotatable bonds is 5. The number of benzene rings is 2. The summed E-state index contributed by atoms with van der Waals surface area (Å²) in [5.74, 6) is 2.51. The molecule has 2 heterocycles. The monoisotopic (exact) mass is 365 g/mol. The standard InChI is InChI=1S/C21H19NO3S/c23-21(22-18-12-13-26-20-9-5-4-8-17(18)20)19-11-10-16(25-19)14-24-15-6-2-1-3-7-15/h1-11,18H,12-14H2,(H,22,23)/t18-/m1/s1. The van der Waals surface area contributed by atoms with E-state index in [-0.39, 0.29) is 11.9 Å². The van der Waals surface area contributed by atoms with Crippen molar-refractivity contribution in [1.29, 1.82) is 0 Å². The van der Waals surface area contributed by atoms with Crippen molar-refractivity contribution in [1.82, 2.24) is 5.32 Å². The predicted molar refractivity (Wildman–Crippen MR) is 101 cm³/mol. The lowest BCUT2D eigenvalue weighted by Gasteiger charge is -2.25. The molecule has 0 aliphatic carbocycles. The van der Waals surface area contributed by atoms with Crippen molar-refractivity contribution >= 4 is 17.7 Å². The van der Waals surface area contributed by atoms with Crippen molar-refractivity contribution in [3.63, 3.8) is 0 Å². The van der Waals surface area contributed by atoms with Crippen LogP contribution >= 0.6 is 11.8 Å². The minimum absolute atomic E-state index is 0.0223. The van der Waals surface area contributed by atoms with Crippen LogP contribution in [0, 0.1) is 0 Å². The summed E-state index contributed by atoms with van der Waals surface area (Å²) in [4.78, 5) is 13.8. The molecule has 132 valence electrons. The maximum absolute atomic E-state index is 12.6. The Bertz CT molecular complexity index is 891. The molecule has 0 bridgehead atoms. The quantitative estimate of drug-likeness (QED) is 0.704. The van der Waals surface area contributed by atoms with Gasteiger partial charge in [-0.25, -0.2) is 0 Å². The molecule has 1 N–H and O–H groups in total. The summed E-state index contributed by atoms with van der Waals surface area (Å²) in [6, 6.07) is 21.2. The van der Waals surface area contributed by atoms with Gasteiger partial charge in [0.1, 0.15) is 18.1 Å². The van der Waals surface area contributed by atoms with E-state index in [9.17, 15) is 4.79 Å². The van der Waals surface area contributed by atoms with Gasteiger partial charge in [-0.2, -0.15) is 0 Å². The van der Waals surface area contributed by atoms with Crippen molar-refractivity contribution in [3.05, 3.63) is 83.8 Å². The first-order valence-corrected chi connectivity index (χ1v) is 9.57. The smallest absolute Gasteiger partial charge is 0.287 e. The van der Waals surface area contributed by atoms with Crippen LogP contribution in [0.1, 0.15) is 34.3 Å². The Morgan fingerprint density at radius 3 is 2.77 bits per heavy atom. The van der Waals surface area contributed by atoms with Gasteiger partial charge < -0.3 is 14.5 Å². The van der Waals surface area contributed by atoms with Gasteiger partial charge in [-0.15, -0.1) is 11.8 Å². The Balaban J connectivity index is 1.39. The van der Waals surface area contributed by atoms with Crippen LogP contribution in [0.25, 0.3) is 0 Å². The van der Waals surface area contributed by atoms with Crippen molar-refractivity contribution in [2.45, 2.75) is 24.0 Å². The van der Waals surface area contributed by atoms with Gasteiger partial charge in [0, 0.05) is 10.6 Å². The zero-order valence-corrected chi connectivity index (χ0v) is 15.0. The van der Waals surface area contributed by atoms with Gasteiger partial charge in [-0.05, 0) is 42.3 Å². The van der Waals surface area contributed by atoms with E-state index in [0.29, 0.717) is 18.1 Å². The largest absolute Gasteiger partial charge is 0.486 e. The Labute approximate surface area is 156 Å². The van der Waals surface area contributed by atoms with Crippen LogP contribution in [-0.4, -0.2) is 11.7 Å². The number of nitrogens with one attached hydrogen (secondary N) is 1. The third kappa shape index (κ3) is 3.78. The fraction of sp³-hybridized carbons (Fsp3) is 0.190. The maximum atomic E-state index is 12.6. The second kappa shape index (κ2) is 7.70. The number of carbonyl (C=O) groups is 1. The van der Waals surface area contributed by atoms with Crippen molar-refractivity contribution in [2.24, 2.45) is 0 Å². The maximum Gasteiger partial charge on any atom is 0.287 e. The molecule has 0 unspecified atom stereocenters. The molecule has 4 rings (SSSR count). The number of furan rings is 1. The van der Waals surface area contributed by atoms with E-state index in [4.69, 9.17) is 9.15 Å². The highest BCUT2D eigenvalue weighted by Gasteiger charge is 2.23. The average Bonchev–Trinajstić information content (AvgIpc) is 3.17. The fourth-order valence-corrected chi connectivity index (χ4v) is 4.10. The molecule has 26 heavy (non-hydrogen) atoms. The highest BCUT2D eigenvalue weighted by molar-refractivity contribution is 7.99. The molecule has 0 spiro atoms. The van der Waals surface area contributed by atoms with E-state index in [1.165, 1.54) is 10.5 Å². The molecule has 3 aromatic rings. The van der Waals surface area contributed by atoms with Crippen LogP contribution in [-0.2, 0) is 6.61 Å². The van der Waals surface area contributed by atoms with Crippen LogP contribution in [0.15, 0.2) is 76.0 Å². The summed E-state index contributed by atoms with van der Waals surface area (Å²) >= 11 is 1.83. The molecule has 0 fully saturated rings. The van der Waals surface area contributed by atoms with Crippen molar-refractivity contribution < 1.29 is 13.9 Å². The molecular weight excluding hydrogens is 346 g/mol. The number of carbonyl (C=O) groups excluding carboxylic acids is 1. The first kappa shape index (κ1) is 16.8. The van der Waals surface area contributed by atoms with E-state index < -0.39 is 0 Å². The van der Waals surface area contributed by atoms with Gasteiger partial charge in [0.15, 0.2) is 5.76 Å². The summed E-state index contributed by atoms with van der Waals surface area (Å²) in [7, 11) is 0. The number of fused-ring (bicyclic) bond motifs is 1. The number of hydrogen-bond acceptors (Lipinski definition) is 4. The van der Waals surface area contributed by atoms with E-state index in [1.54, 1.807) is 12.1 Å². The second-order valence-electron chi connectivity index (χ2n) is 6.07. The number of para-hydroxylation sites is 1. The minimum Gasteiger partial charge on any atom is -0.486 e. The summed E-state index contributed by atoms with van der Waals surface area (Å²) in [5.41, 5.74) is 1.18. The molecule has 1 amide bonds. The van der Waals surface area contributed by atoms with Gasteiger partial charge in [0.2, 0.25) is 0 Å². The van der Waals surface area contributed by atoms with Crippen LogP contribution in [0.2, 0.25) is 0 Å². The molecule has 0 radical (unpaired) electrons. The third-order valence-electron chi connectivity index (χ3n) is 4.27. The van der Waals surface area contributed by atoms with Crippen LogP contribution in [0.3, 0.4) is 0 Å². The molecule has 4 nitrogen and oxygen atoms in total. The van der Waals surface area contributed by atoms with Gasteiger partial charge in [0.05, 0.1) is 6.04 Å². The molecule has 1 aliphatic heterocycles. The van der Waals surface area contributed by atoms with E-state index in [0.717, 1.165) is 17.9 Å². The lowest BCUT2D eigenvalue weighted by Crippen LogP contribution is -2.30. The number of hydrogen-bond donors (Lipinski definition) is 1. The lowest BCUT2D eigenvalue weighted by molar-refractivity contribution is 0.0902. The van der Waals surface area contributed by atoms with Gasteiger partial charge in [0.25, 0.3) is 5.91 Å². The normalized spacial score (nSPS) is 15.9. The average molecular weight is 365 g/mol.